The highest BCUT2D eigenvalue weighted by Crippen LogP contribution is 2.18. The molecule has 2 heterocycles. The van der Waals surface area contributed by atoms with Gasteiger partial charge >= 0.3 is 0 Å². The summed E-state index contributed by atoms with van der Waals surface area (Å²) in [6, 6.07) is 0. The van der Waals surface area contributed by atoms with Crippen molar-refractivity contribution in [3.05, 3.63) is 25.9 Å². The Hall–Kier alpha value is 0.0500. The van der Waals surface area contributed by atoms with E-state index in [1.165, 1.54) is 0 Å². The smallest absolute Gasteiger partial charge is 0.211 e. The fourth-order valence-electron chi connectivity index (χ4n) is 0.756. The Bertz CT molecular complexity index is 359. The van der Waals surface area contributed by atoms with Gasteiger partial charge in [-0.3, -0.25) is 0 Å². The van der Waals surface area contributed by atoms with Crippen molar-refractivity contribution in [3.63, 3.8) is 0 Å². The molecule has 0 unspecified atom stereocenters. The van der Waals surface area contributed by atoms with Gasteiger partial charge in [0, 0.05) is 11.6 Å². The van der Waals surface area contributed by atoms with Crippen molar-refractivity contribution in [2.45, 2.75) is 0 Å². The Kier molecular flexibility index (Phi) is 2.47. The summed E-state index contributed by atoms with van der Waals surface area (Å²) in [4.78, 5) is 4.23. The van der Waals surface area contributed by atoms with Crippen LogP contribution in [-0.4, -0.2) is 14.8 Å². The molecule has 0 aliphatic heterocycles. The zero-order chi connectivity index (χ0) is 8.55. The quantitative estimate of drug-likeness (QED) is 0.736. The van der Waals surface area contributed by atoms with E-state index in [2.05, 4.69) is 48.6 Å². The van der Waals surface area contributed by atoms with E-state index >= 15 is 0 Å². The summed E-state index contributed by atoms with van der Waals surface area (Å²) in [5.41, 5.74) is 0. The summed E-state index contributed by atoms with van der Waals surface area (Å²) >= 11 is 7.06. The summed E-state index contributed by atoms with van der Waals surface area (Å²) < 4.78 is 3.73. The summed E-state index contributed by atoms with van der Waals surface area (Å²) in [5, 5.41) is 6.95. The van der Waals surface area contributed by atoms with Crippen molar-refractivity contribution < 1.29 is 0 Å². The first-order valence-electron chi connectivity index (χ1n) is 3.07. The average Bonchev–Trinajstić information content (AvgIpc) is 2.58. The first kappa shape index (κ1) is 8.64. The molecule has 0 bridgehead atoms. The van der Waals surface area contributed by atoms with Crippen LogP contribution in [0.25, 0.3) is 5.13 Å². The predicted molar refractivity (Wildman–Crippen MR) is 59.7 cm³/mol. The van der Waals surface area contributed by atoms with Gasteiger partial charge in [-0.25, -0.2) is 9.67 Å². The molecule has 0 radical (unpaired) electrons. The van der Waals surface area contributed by atoms with E-state index in [0.717, 1.165) is 13.3 Å². The Morgan fingerprint density at radius 2 is 2.42 bits per heavy atom. The molecular formula is C6H3BrIN3S. The standard InChI is InChI=1S/C6H3BrIN3S/c7-5-3-12-6(10-5)11-2-4(8)1-9-11/h1-3H. The van der Waals surface area contributed by atoms with Crippen LogP contribution in [0.3, 0.4) is 0 Å². The van der Waals surface area contributed by atoms with E-state index in [4.69, 9.17) is 0 Å². The van der Waals surface area contributed by atoms with Gasteiger partial charge in [-0.2, -0.15) is 5.10 Å². The van der Waals surface area contributed by atoms with Crippen molar-refractivity contribution >= 4 is 49.9 Å². The van der Waals surface area contributed by atoms with Gasteiger partial charge in [0.25, 0.3) is 0 Å². The molecule has 2 aromatic rings. The topological polar surface area (TPSA) is 30.7 Å². The molecule has 0 aliphatic rings. The van der Waals surface area contributed by atoms with Crippen molar-refractivity contribution in [3.8, 4) is 5.13 Å². The maximum atomic E-state index is 4.23. The van der Waals surface area contributed by atoms with Crippen LogP contribution in [0.5, 0.6) is 0 Å². The minimum atomic E-state index is 0.855. The van der Waals surface area contributed by atoms with Gasteiger partial charge in [0.15, 0.2) is 0 Å². The third kappa shape index (κ3) is 1.69. The molecule has 2 aromatic heterocycles. The molecule has 0 spiro atoms. The second-order valence-corrected chi connectivity index (χ2v) is 4.95. The van der Waals surface area contributed by atoms with E-state index in [9.17, 15) is 0 Å². The van der Waals surface area contributed by atoms with E-state index in [0.29, 0.717) is 0 Å². The lowest BCUT2D eigenvalue weighted by atomic mass is 10.7. The highest BCUT2D eigenvalue weighted by molar-refractivity contribution is 14.1. The molecule has 3 nitrogen and oxygen atoms in total. The van der Waals surface area contributed by atoms with Crippen LogP contribution < -0.4 is 0 Å². The average molecular weight is 356 g/mol. The van der Waals surface area contributed by atoms with Crippen LogP contribution in [-0.2, 0) is 0 Å². The van der Waals surface area contributed by atoms with Gasteiger partial charge < -0.3 is 0 Å². The minimum absolute atomic E-state index is 0.855. The van der Waals surface area contributed by atoms with E-state index in [1.807, 2.05) is 11.6 Å². The molecule has 0 aromatic carbocycles. The molecule has 0 N–H and O–H groups in total. The molecule has 6 heteroatoms. The van der Waals surface area contributed by atoms with Crippen molar-refractivity contribution in [2.24, 2.45) is 0 Å². The lowest BCUT2D eigenvalue weighted by Gasteiger charge is -1.90. The number of thiazole rings is 1. The Morgan fingerprint density at radius 3 is 2.92 bits per heavy atom. The van der Waals surface area contributed by atoms with Crippen molar-refractivity contribution in [1.82, 2.24) is 14.8 Å². The minimum Gasteiger partial charge on any atom is -0.212 e. The molecule has 0 fully saturated rings. The van der Waals surface area contributed by atoms with Gasteiger partial charge in [-0.15, -0.1) is 11.3 Å². The number of nitrogens with zero attached hydrogens (tertiary/aromatic N) is 3. The predicted octanol–water partition coefficient (Wildman–Crippen LogP) is 2.70. The molecule has 0 aliphatic carbocycles. The molecule has 2 rings (SSSR count). The zero-order valence-electron chi connectivity index (χ0n) is 5.74. The molecule has 62 valence electrons. The van der Waals surface area contributed by atoms with Crippen LogP contribution in [0.4, 0.5) is 0 Å². The number of aromatic nitrogens is 3. The van der Waals surface area contributed by atoms with Crippen LogP contribution in [0, 0.1) is 3.57 Å². The number of hydrogen-bond donors (Lipinski definition) is 0. The molecule has 12 heavy (non-hydrogen) atoms. The number of rotatable bonds is 1. The Morgan fingerprint density at radius 1 is 1.58 bits per heavy atom. The summed E-state index contributed by atoms with van der Waals surface area (Å²) in [6.45, 7) is 0. The van der Waals surface area contributed by atoms with Crippen LogP contribution in [0.2, 0.25) is 0 Å². The normalized spacial score (nSPS) is 10.5. The van der Waals surface area contributed by atoms with Gasteiger partial charge in [0.2, 0.25) is 5.13 Å². The monoisotopic (exact) mass is 355 g/mol. The SMILES string of the molecule is Brc1csc(-n2cc(I)cn2)n1. The van der Waals surface area contributed by atoms with Crippen LogP contribution >= 0.6 is 49.9 Å². The third-order valence-electron chi connectivity index (χ3n) is 1.21. The van der Waals surface area contributed by atoms with E-state index in [-0.39, 0.29) is 0 Å². The molecule has 0 atom stereocenters. The lowest BCUT2D eigenvalue weighted by molar-refractivity contribution is 0.867. The molecule has 0 saturated carbocycles. The van der Waals surface area contributed by atoms with E-state index in [1.54, 1.807) is 22.2 Å². The fourth-order valence-corrected chi connectivity index (χ4v) is 2.32. The molecule has 0 amide bonds. The third-order valence-corrected chi connectivity index (χ3v) is 3.31. The Labute approximate surface area is 95.1 Å². The van der Waals surface area contributed by atoms with Gasteiger partial charge in [-0.05, 0) is 38.5 Å². The number of hydrogen-bond acceptors (Lipinski definition) is 3. The zero-order valence-corrected chi connectivity index (χ0v) is 10.3. The maximum absolute atomic E-state index is 4.23. The van der Waals surface area contributed by atoms with Crippen molar-refractivity contribution in [2.75, 3.05) is 0 Å². The first-order chi connectivity index (χ1) is 5.75. The van der Waals surface area contributed by atoms with Gasteiger partial charge in [0.05, 0.1) is 9.77 Å². The Balaban J connectivity index is 2.43. The fraction of sp³-hybridized carbons (Fsp3) is 0. The highest BCUT2D eigenvalue weighted by Gasteiger charge is 2.02. The summed E-state index contributed by atoms with van der Waals surface area (Å²) in [5.74, 6) is 0. The second-order valence-electron chi connectivity index (χ2n) is 2.06. The molecule has 0 saturated heterocycles. The second kappa shape index (κ2) is 3.43. The largest absolute Gasteiger partial charge is 0.212 e. The van der Waals surface area contributed by atoms with Gasteiger partial charge in [0.1, 0.15) is 4.60 Å². The molecular weight excluding hydrogens is 353 g/mol. The van der Waals surface area contributed by atoms with E-state index < -0.39 is 0 Å². The summed E-state index contributed by atoms with van der Waals surface area (Å²) in [7, 11) is 0. The van der Waals surface area contributed by atoms with Crippen LogP contribution in [0.1, 0.15) is 0 Å². The lowest BCUT2D eigenvalue weighted by Crippen LogP contribution is -1.91. The maximum Gasteiger partial charge on any atom is 0.211 e. The first-order valence-corrected chi connectivity index (χ1v) is 5.82. The number of halogens is 2. The highest BCUT2D eigenvalue weighted by atomic mass is 127. The van der Waals surface area contributed by atoms with Crippen molar-refractivity contribution in [1.29, 1.82) is 0 Å². The van der Waals surface area contributed by atoms with Gasteiger partial charge in [-0.1, -0.05) is 0 Å². The van der Waals surface area contributed by atoms with Crippen LogP contribution in [0.15, 0.2) is 22.4 Å². The summed E-state index contributed by atoms with van der Waals surface area (Å²) in [6.07, 6.45) is 3.74.